The molecule has 0 fully saturated rings. The molecular weight excluding hydrogens is 406 g/mol. The van der Waals surface area contributed by atoms with Gasteiger partial charge in [0.15, 0.2) is 0 Å². The molecule has 0 aliphatic carbocycles. The smallest absolute Gasteiger partial charge is 0.306 e. The Morgan fingerprint density at radius 3 is 1.79 bits per heavy atom. The van der Waals surface area contributed by atoms with Crippen molar-refractivity contribution in [1.82, 2.24) is 4.90 Å². The average Bonchev–Trinajstić information content (AvgIpc) is 2.78. The van der Waals surface area contributed by atoms with Gasteiger partial charge in [-0.2, -0.15) is 0 Å². The Morgan fingerprint density at radius 1 is 0.727 bits per heavy atom. The molecule has 0 amide bonds. The van der Waals surface area contributed by atoms with Gasteiger partial charge in [-0.05, 0) is 97.7 Å². The van der Waals surface area contributed by atoms with Gasteiger partial charge in [-0.15, -0.1) is 13.2 Å². The zero-order valence-corrected chi connectivity index (χ0v) is 21.7. The average molecular weight is 458 g/mol. The number of rotatable bonds is 23. The molecule has 0 aromatic carbocycles. The number of unbranched alkanes of at least 4 members (excludes halogenated alkanes) is 6. The summed E-state index contributed by atoms with van der Waals surface area (Å²) in [6.07, 6.45) is 32.8. The summed E-state index contributed by atoms with van der Waals surface area (Å²) >= 11 is 0. The van der Waals surface area contributed by atoms with Crippen molar-refractivity contribution in [2.45, 2.75) is 102 Å². The van der Waals surface area contributed by atoms with E-state index in [2.05, 4.69) is 54.5 Å². The molecule has 1 atom stereocenters. The Labute approximate surface area is 205 Å². The van der Waals surface area contributed by atoms with Gasteiger partial charge in [0.25, 0.3) is 0 Å². The van der Waals surface area contributed by atoms with Crippen LogP contribution in [0, 0.1) is 0 Å². The van der Waals surface area contributed by atoms with Gasteiger partial charge in [-0.3, -0.25) is 4.79 Å². The number of hydrogen-bond acceptors (Lipinski definition) is 3. The summed E-state index contributed by atoms with van der Waals surface area (Å²) in [4.78, 5) is 14.4. The third-order valence-corrected chi connectivity index (χ3v) is 5.46. The fourth-order valence-electron chi connectivity index (χ4n) is 3.56. The normalized spacial score (nSPS) is 12.8. The summed E-state index contributed by atoms with van der Waals surface area (Å²) in [5, 5.41) is 0. The zero-order valence-electron chi connectivity index (χ0n) is 21.7. The Hall–Kier alpha value is -1.87. The van der Waals surface area contributed by atoms with Crippen LogP contribution in [-0.4, -0.2) is 37.6 Å². The van der Waals surface area contributed by atoms with E-state index in [0.29, 0.717) is 6.42 Å². The summed E-state index contributed by atoms with van der Waals surface area (Å²) in [6.45, 7) is 8.38. The zero-order chi connectivity index (χ0) is 24.4. The van der Waals surface area contributed by atoms with Crippen molar-refractivity contribution in [2.75, 3.05) is 20.6 Å². The lowest BCUT2D eigenvalue weighted by Crippen LogP contribution is -2.20. The molecule has 0 aromatic rings. The summed E-state index contributed by atoms with van der Waals surface area (Å²) in [7, 11) is 4.07. The molecular formula is C30H51NO2. The third kappa shape index (κ3) is 24.6. The predicted molar refractivity (Wildman–Crippen MR) is 146 cm³/mol. The molecule has 0 aliphatic heterocycles. The summed E-state index contributed by atoms with van der Waals surface area (Å²) in [5.74, 6) is -0.0262. The molecule has 0 saturated carbocycles. The minimum atomic E-state index is -0.0262. The number of allylic oxidation sites excluding steroid dienone is 8. The van der Waals surface area contributed by atoms with E-state index in [9.17, 15) is 4.79 Å². The molecule has 0 aromatic heterocycles. The molecule has 33 heavy (non-hydrogen) atoms. The number of carbonyl (C=O) groups is 1. The lowest BCUT2D eigenvalue weighted by molar-refractivity contribution is -0.150. The van der Waals surface area contributed by atoms with Crippen LogP contribution in [0.2, 0.25) is 0 Å². The van der Waals surface area contributed by atoms with Gasteiger partial charge in [0.1, 0.15) is 6.10 Å². The Kier molecular flexibility index (Phi) is 23.4. The molecule has 0 spiro atoms. The Bertz CT molecular complexity index is 560. The van der Waals surface area contributed by atoms with Crippen molar-refractivity contribution in [3.63, 3.8) is 0 Å². The van der Waals surface area contributed by atoms with E-state index in [1.165, 1.54) is 25.7 Å². The van der Waals surface area contributed by atoms with Crippen LogP contribution in [0.1, 0.15) is 96.3 Å². The van der Waals surface area contributed by atoms with Gasteiger partial charge in [-0.1, -0.05) is 61.4 Å². The van der Waals surface area contributed by atoms with Crippen LogP contribution >= 0.6 is 0 Å². The highest BCUT2D eigenvalue weighted by atomic mass is 16.5. The number of hydrogen-bond donors (Lipinski definition) is 0. The summed E-state index contributed by atoms with van der Waals surface area (Å²) in [5.41, 5.74) is 0. The second kappa shape index (κ2) is 24.8. The maximum Gasteiger partial charge on any atom is 0.306 e. The van der Waals surface area contributed by atoms with E-state index in [0.717, 1.165) is 70.8 Å². The van der Waals surface area contributed by atoms with E-state index in [4.69, 9.17) is 4.74 Å². The number of esters is 1. The van der Waals surface area contributed by atoms with Crippen molar-refractivity contribution in [1.29, 1.82) is 0 Å². The van der Waals surface area contributed by atoms with E-state index in [1.807, 2.05) is 26.2 Å². The van der Waals surface area contributed by atoms with Crippen LogP contribution in [0.5, 0.6) is 0 Å². The van der Waals surface area contributed by atoms with E-state index >= 15 is 0 Å². The molecule has 3 nitrogen and oxygen atoms in total. The van der Waals surface area contributed by atoms with Gasteiger partial charge in [-0.25, -0.2) is 0 Å². The highest BCUT2D eigenvalue weighted by Crippen LogP contribution is 2.17. The number of carbonyl (C=O) groups excluding carboxylic acids is 1. The van der Waals surface area contributed by atoms with Crippen molar-refractivity contribution in [3.05, 3.63) is 61.8 Å². The monoisotopic (exact) mass is 457 g/mol. The Morgan fingerprint density at radius 2 is 1.24 bits per heavy atom. The molecule has 0 radical (unpaired) electrons. The van der Waals surface area contributed by atoms with Crippen LogP contribution in [0.3, 0.4) is 0 Å². The van der Waals surface area contributed by atoms with Gasteiger partial charge in [0.05, 0.1) is 0 Å². The molecule has 3 heteroatoms. The summed E-state index contributed by atoms with van der Waals surface area (Å²) in [6, 6.07) is 0. The van der Waals surface area contributed by atoms with Gasteiger partial charge >= 0.3 is 5.97 Å². The first-order chi connectivity index (χ1) is 16.1. The van der Waals surface area contributed by atoms with Crippen molar-refractivity contribution in [2.24, 2.45) is 0 Å². The van der Waals surface area contributed by atoms with E-state index < -0.39 is 0 Å². The predicted octanol–water partition coefficient (Wildman–Crippen LogP) is 8.35. The quantitative estimate of drug-likeness (QED) is 0.0877. The number of nitrogens with zero attached hydrogens (tertiary/aromatic N) is 1. The van der Waals surface area contributed by atoms with Gasteiger partial charge in [0, 0.05) is 6.42 Å². The first-order valence-corrected chi connectivity index (χ1v) is 13.1. The van der Waals surface area contributed by atoms with Crippen molar-refractivity contribution < 1.29 is 9.53 Å². The van der Waals surface area contributed by atoms with Crippen LogP contribution in [0.4, 0.5) is 0 Å². The first-order valence-electron chi connectivity index (χ1n) is 13.1. The molecule has 0 aliphatic rings. The number of ether oxygens (including phenoxy) is 1. The molecule has 0 heterocycles. The SMILES string of the molecule is C=CCC=CCC=CCCCCCC(CCCCCC=CCC=C)OC(=O)CCCN(C)C. The molecule has 0 saturated heterocycles. The fraction of sp³-hybridized carbons (Fsp3) is 0.633. The van der Waals surface area contributed by atoms with Crippen LogP contribution in [-0.2, 0) is 9.53 Å². The molecule has 0 bridgehead atoms. The van der Waals surface area contributed by atoms with Gasteiger partial charge in [0.2, 0.25) is 0 Å². The van der Waals surface area contributed by atoms with Crippen LogP contribution < -0.4 is 0 Å². The highest BCUT2D eigenvalue weighted by Gasteiger charge is 2.14. The maximum atomic E-state index is 12.3. The topological polar surface area (TPSA) is 29.5 Å². The minimum Gasteiger partial charge on any atom is -0.462 e. The van der Waals surface area contributed by atoms with Crippen LogP contribution in [0.15, 0.2) is 61.8 Å². The largest absolute Gasteiger partial charge is 0.462 e. The summed E-state index contributed by atoms with van der Waals surface area (Å²) < 4.78 is 5.87. The maximum absolute atomic E-state index is 12.3. The third-order valence-electron chi connectivity index (χ3n) is 5.46. The molecule has 1 unspecified atom stereocenters. The van der Waals surface area contributed by atoms with E-state index in [-0.39, 0.29) is 12.1 Å². The lowest BCUT2D eigenvalue weighted by Gasteiger charge is -2.18. The second-order valence-electron chi connectivity index (χ2n) is 8.99. The lowest BCUT2D eigenvalue weighted by atomic mass is 10.0. The highest BCUT2D eigenvalue weighted by molar-refractivity contribution is 5.69. The second-order valence-corrected chi connectivity index (χ2v) is 8.99. The van der Waals surface area contributed by atoms with Crippen molar-refractivity contribution in [3.8, 4) is 0 Å². The van der Waals surface area contributed by atoms with Crippen molar-refractivity contribution >= 4 is 5.97 Å². The minimum absolute atomic E-state index is 0.0262. The molecule has 0 N–H and O–H groups in total. The van der Waals surface area contributed by atoms with Crippen LogP contribution in [0.25, 0.3) is 0 Å². The van der Waals surface area contributed by atoms with E-state index in [1.54, 1.807) is 0 Å². The fourth-order valence-corrected chi connectivity index (χ4v) is 3.56. The standard InChI is InChI=1S/C30H51NO2/c1-5-7-9-11-13-15-16-17-19-21-23-26-29(33-30(32)27-24-28-31(3)4)25-22-20-18-14-12-10-8-6-2/h5-6,9-12,15-16,29H,1-2,7-8,13-14,17-28H2,3-4H3. The molecule has 188 valence electrons. The van der Waals surface area contributed by atoms with Gasteiger partial charge < -0.3 is 9.64 Å². The first kappa shape index (κ1) is 31.1. The Balaban J connectivity index is 4.16. The molecule has 0 rings (SSSR count).